The Kier molecular flexibility index (Phi) is 7.69. The summed E-state index contributed by atoms with van der Waals surface area (Å²) in [7, 11) is -4.32. The van der Waals surface area contributed by atoms with Crippen molar-refractivity contribution >= 4 is 21.0 Å². The molecule has 4 rings (SSSR count). The van der Waals surface area contributed by atoms with Crippen molar-refractivity contribution in [2.75, 3.05) is 0 Å². The van der Waals surface area contributed by atoms with Gasteiger partial charge in [-0.15, -0.1) is 0 Å². The van der Waals surface area contributed by atoms with Gasteiger partial charge in [-0.2, -0.15) is 0 Å². The van der Waals surface area contributed by atoms with E-state index in [2.05, 4.69) is 91.0 Å². The maximum atomic E-state index is 10.7. The molecule has 0 fully saturated rings. The van der Waals surface area contributed by atoms with Gasteiger partial charge in [0.25, 0.3) is 0 Å². The van der Waals surface area contributed by atoms with Gasteiger partial charge in [-0.25, -0.2) is 8.42 Å². The molecule has 4 aromatic rings. The first-order valence-corrected chi connectivity index (χ1v) is 12.4. The second kappa shape index (κ2) is 10.4. The average Bonchev–Trinajstić information content (AvgIpc) is 2.78. The van der Waals surface area contributed by atoms with Crippen LogP contribution >= 0.6 is 0 Å². The van der Waals surface area contributed by atoms with Gasteiger partial charge in [-0.3, -0.25) is 0 Å². The van der Waals surface area contributed by atoms with E-state index < -0.39 is 10.1 Å². The second-order valence-electron chi connectivity index (χ2n) is 6.97. The fourth-order valence-electron chi connectivity index (χ4n) is 3.05. The molecule has 0 spiro atoms. The zero-order valence-electron chi connectivity index (χ0n) is 17.4. The van der Waals surface area contributed by atoms with E-state index in [4.69, 9.17) is 0 Å². The maximum absolute atomic E-state index is 10.7. The summed E-state index contributed by atoms with van der Waals surface area (Å²) in [5, 5.41) is 0. The van der Waals surface area contributed by atoms with Crippen LogP contribution in [-0.2, 0) is 21.0 Å². The Balaban J connectivity index is 0.000000196. The first-order valence-electron chi connectivity index (χ1n) is 9.79. The molecule has 0 saturated heterocycles. The van der Waals surface area contributed by atoms with E-state index in [9.17, 15) is 13.0 Å². The standard InChI is InChI=1S/C18H15S.C8H10O3S/c1-4-10-16(11-5-1)19(17-12-6-2-7-13-17)18-14-8-3-9-15-18;1-6-3-4-7(2)8(5-6)12(9,10)11/h1-15H;3-5H,1-2H3,(H,9,10,11)/q+1;/p-1. The number of benzene rings is 4. The Hall–Kier alpha value is -2.86. The van der Waals surface area contributed by atoms with E-state index in [1.54, 1.807) is 26.0 Å². The molecule has 0 unspecified atom stereocenters. The summed E-state index contributed by atoms with van der Waals surface area (Å²) in [6.45, 7) is 3.35. The van der Waals surface area contributed by atoms with Gasteiger partial charge < -0.3 is 4.55 Å². The summed E-state index contributed by atoms with van der Waals surface area (Å²) >= 11 is 0. The van der Waals surface area contributed by atoms with Gasteiger partial charge in [0.05, 0.1) is 15.8 Å². The highest BCUT2D eigenvalue weighted by Gasteiger charge is 2.27. The van der Waals surface area contributed by atoms with Crippen LogP contribution < -0.4 is 0 Å². The van der Waals surface area contributed by atoms with Crippen LogP contribution in [0.4, 0.5) is 0 Å². The minimum absolute atomic E-state index is 0.0146. The normalized spacial score (nSPS) is 11.0. The van der Waals surface area contributed by atoms with E-state index in [1.807, 2.05) is 0 Å². The van der Waals surface area contributed by atoms with E-state index in [0.29, 0.717) is 5.56 Å². The Morgan fingerprint density at radius 3 is 1.32 bits per heavy atom. The van der Waals surface area contributed by atoms with Crippen LogP contribution in [0.2, 0.25) is 0 Å². The predicted octanol–water partition coefficient (Wildman–Crippen LogP) is 5.99. The molecule has 4 aromatic carbocycles. The molecule has 0 aliphatic rings. The molecule has 3 nitrogen and oxygen atoms in total. The van der Waals surface area contributed by atoms with Crippen LogP contribution in [0.3, 0.4) is 0 Å². The third-order valence-electron chi connectivity index (χ3n) is 4.55. The van der Waals surface area contributed by atoms with E-state index in [1.165, 1.54) is 20.8 Å². The zero-order chi connectivity index (χ0) is 22.3. The molecule has 0 aliphatic carbocycles. The molecule has 0 aliphatic heterocycles. The highest BCUT2D eigenvalue weighted by molar-refractivity contribution is 7.97. The lowest BCUT2D eigenvalue weighted by Crippen LogP contribution is -2.04. The van der Waals surface area contributed by atoms with Crippen LogP contribution in [-0.4, -0.2) is 13.0 Å². The van der Waals surface area contributed by atoms with Crippen LogP contribution in [0, 0.1) is 13.8 Å². The van der Waals surface area contributed by atoms with Crippen molar-refractivity contribution < 1.29 is 13.0 Å². The molecular formula is C26H24O3S2. The van der Waals surface area contributed by atoms with Crippen LogP contribution in [0.5, 0.6) is 0 Å². The smallest absolute Gasteiger partial charge is 0.166 e. The number of aryl methyl sites for hydroxylation is 2. The Labute approximate surface area is 187 Å². The van der Waals surface area contributed by atoms with E-state index >= 15 is 0 Å². The minimum Gasteiger partial charge on any atom is -0.744 e. The van der Waals surface area contributed by atoms with Gasteiger partial charge in [0.15, 0.2) is 14.7 Å². The van der Waals surface area contributed by atoms with Gasteiger partial charge in [0.2, 0.25) is 0 Å². The highest BCUT2D eigenvalue weighted by atomic mass is 32.2. The summed E-state index contributed by atoms with van der Waals surface area (Å²) in [5.41, 5.74) is 1.27. The van der Waals surface area contributed by atoms with Crippen molar-refractivity contribution in [1.29, 1.82) is 0 Å². The van der Waals surface area contributed by atoms with Crippen LogP contribution in [0.25, 0.3) is 0 Å². The summed E-state index contributed by atoms with van der Waals surface area (Å²) in [6.07, 6.45) is 0. The van der Waals surface area contributed by atoms with Crippen molar-refractivity contribution in [3.63, 3.8) is 0 Å². The summed E-state index contributed by atoms with van der Waals surface area (Å²) < 4.78 is 32.0. The monoisotopic (exact) mass is 448 g/mol. The molecule has 0 heterocycles. The second-order valence-corrected chi connectivity index (χ2v) is 10.3. The number of rotatable bonds is 4. The van der Waals surface area contributed by atoms with Crippen molar-refractivity contribution in [2.24, 2.45) is 0 Å². The Morgan fingerprint density at radius 1 is 0.613 bits per heavy atom. The fourth-order valence-corrected chi connectivity index (χ4v) is 5.95. The third-order valence-corrected chi connectivity index (χ3v) is 7.76. The quantitative estimate of drug-likeness (QED) is 0.285. The van der Waals surface area contributed by atoms with Crippen LogP contribution in [0.15, 0.2) is 129 Å². The maximum Gasteiger partial charge on any atom is 0.166 e. The molecule has 0 N–H and O–H groups in total. The van der Waals surface area contributed by atoms with Gasteiger partial charge in [0.1, 0.15) is 10.1 Å². The van der Waals surface area contributed by atoms with Gasteiger partial charge in [0, 0.05) is 0 Å². The largest absolute Gasteiger partial charge is 0.744 e. The molecule has 0 radical (unpaired) electrons. The molecule has 5 heteroatoms. The molecule has 31 heavy (non-hydrogen) atoms. The van der Waals surface area contributed by atoms with Crippen molar-refractivity contribution in [2.45, 2.75) is 33.4 Å². The summed E-state index contributed by atoms with van der Waals surface area (Å²) in [5.74, 6) is 0. The number of hydrogen-bond acceptors (Lipinski definition) is 3. The Morgan fingerprint density at radius 2 is 1.00 bits per heavy atom. The molecule has 0 saturated carbocycles. The Bertz CT molecular complexity index is 1110. The van der Waals surface area contributed by atoms with Gasteiger partial charge >= 0.3 is 0 Å². The summed E-state index contributed by atoms with van der Waals surface area (Å²) in [4.78, 5) is 3.96. The third kappa shape index (κ3) is 6.31. The minimum atomic E-state index is -4.31. The number of hydrogen-bond donors (Lipinski definition) is 0. The van der Waals surface area contributed by atoms with E-state index in [0.717, 1.165) is 5.56 Å². The van der Waals surface area contributed by atoms with Gasteiger partial charge in [-0.1, -0.05) is 66.7 Å². The summed E-state index contributed by atoms with van der Waals surface area (Å²) in [6, 6.07) is 36.9. The van der Waals surface area contributed by atoms with Crippen LogP contribution in [0.1, 0.15) is 11.1 Å². The van der Waals surface area contributed by atoms with Crippen molar-refractivity contribution in [3.05, 3.63) is 120 Å². The molecular weight excluding hydrogens is 424 g/mol. The average molecular weight is 449 g/mol. The molecule has 158 valence electrons. The zero-order valence-corrected chi connectivity index (χ0v) is 19.1. The lowest BCUT2D eigenvalue weighted by atomic mass is 10.2. The lowest BCUT2D eigenvalue weighted by molar-refractivity contribution is 0.462. The first-order chi connectivity index (χ1) is 14.9. The van der Waals surface area contributed by atoms with Gasteiger partial charge in [-0.05, 0) is 67.4 Å². The SMILES string of the molecule is Cc1ccc(C)c(S(=O)(=O)[O-])c1.c1ccc([S+](c2ccccc2)c2ccccc2)cc1. The highest BCUT2D eigenvalue weighted by Crippen LogP contribution is 2.30. The molecule has 0 amide bonds. The first kappa shape index (κ1) is 22.8. The van der Waals surface area contributed by atoms with Crippen molar-refractivity contribution in [1.82, 2.24) is 0 Å². The fraction of sp³-hybridized carbons (Fsp3) is 0.0769. The molecule has 0 atom stereocenters. The molecule has 0 aromatic heterocycles. The molecule has 0 bridgehead atoms. The van der Waals surface area contributed by atoms with E-state index in [-0.39, 0.29) is 15.8 Å². The predicted molar refractivity (Wildman–Crippen MR) is 125 cm³/mol. The topological polar surface area (TPSA) is 57.2 Å². The lowest BCUT2D eigenvalue weighted by Gasteiger charge is -2.10. The van der Waals surface area contributed by atoms with Crippen molar-refractivity contribution in [3.8, 4) is 0 Å².